The summed E-state index contributed by atoms with van der Waals surface area (Å²) in [5.74, 6) is -71.4. The summed E-state index contributed by atoms with van der Waals surface area (Å²) in [6, 6.07) is 19.3. The Balaban J connectivity index is 0.000000589. The van der Waals surface area contributed by atoms with E-state index in [0.29, 0.717) is 0 Å². The normalized spacial score (nSPS) is 10.9. The van der Waals surface area contributed by atoms with Gasteiger partial charge in [0.25, 0.3) is 0 Å². The van der Waals surface area contributed by atoms with Crippen molar-refractivity contribution >= 4 is 28.0 Å². The van der Waals surface area contributed by atoms with Crippen LogP contribution in [0.1, 0.15) is 5.56 Å². The minimum absolute atomic E-state index is 0. The third-order valence-corrected chi connectivity index (χ3v) is 8.05. The first kappa shape index (κ1) is 46.6. The Morgan fingerprint density at radius 3 is 0.672 bits per heavy atom. The Morgan fingerprint density at radius 1 is 0.345 bits per heavy atom. The third kappa shape index (κ3) is 7.41. The number of halogens is 20. The molecule has 0 fully saturated rings. The molecule has 0 N–H and O–H groups in total. The minimum atomic E-state index is -7.22. The van der Waals surface area contributed by atoms with Gasteiger partial charge in [0.2, 0.25) is 0 Å². The van der Waals surface area contributed by atoms with Crippen molar-refractivity contribution < 1.29 is 105 Å². The van der Waals surface area contributed by atoms with Crippen LogP contribution in [0.5, 0.6) is 0 Å². The van der Waals surface area contributed by atoms with Crippen molar-refractivity contribution in [3.63, 3.8) is 0 Å². The van der Waals surface area contributed by atoms with Gasteiger partial charge in [-0.15, -0.1) is 21.9 Å². The Hall–Kier alpha value is -5.75. The van der Waals surface area contributed by atoms with E-state index in [4.69, 9.17) is 5.26 Å². The predicted octanol–water partition coefficient (Wildman–Crippen LogP) is 8.53. The van der Waals surface area contributed by atoms with Crippen molar-refractivity contribution in [1.29, 1.82) is 5.26 Å². The maximum atomic E-state index is 15.4. The van der Waals surface area contributed by atoms with Gasteiger partial charge in [-0.1, -0.05) is 5.56 Å². The molecule has 23 heteroatoms. The molecule has 6 rings (SSSR count). The smallest absolute Gasteiger partial charge is 0.214 e. The monoisotopic (exact) mass is 890 g/mol. The number of benzene rings is 4. The summed E-state index contributed by atoms with van der Waals surface area (Å²) in [5, 5.41) is 8.18. The molecule has 0 heterocycles. The van der Waals surface area contributed by atoms with Gasteiger partial charge in [0.05, 0.1) is 0 Å². The second-order valence-corrected chi connectivity index (χ2v) is 11.0. The van der Waals surface area contributed by atoms with E-state index < -0.39 is 144 Å². The van der Waals surface area contributed by atoms with Crippen LogP contribution >= 0.6 is 0 Å². The van der Waals surface area contributed by atoms with Crippen molar-refractivity contribution in [2.75, 3.05) is 0 Å². The maximum Gasteiger partial charge on any atom is 2.00 e. The van der Waals surface area contributed by atoms with E-state index in [2.05, 4.69) is 0 Å². The van der Waals surface area contributed by atoms with E-state index in [-0.39, 0.29) is 17.1 Å². The molecule has 0 aliphatic rings. The van der Waals surface area contributed by atoms with Crippen LogP contribution in [0.25, 0.3) is 0 Å². The fourth-order valence-corrected chi connectivity index (χ4v) is 5.64. The topological polar surface area (TPSA) is 23.8 Å². The molecule has 6 aromatic carbocycles. The van der Waals surface area contributed by atoms with Gasteiger partial charge < -0.3 is 0 Å². The average molecular weight is 890 g/mol. The van der Waals surface area contributed by atoms with Crippen LogP contribution in [0, 0.1) is 128 Å². The summed E-state index contributed by atoms with van der Waals surface area (Å²) in [6.45, 7) is 0. The van der Waals surface area contributed by atoms with Gasteiger partial charge in [-0.3, -0.25) is 0 Å². The van der Waals surface area contributed by atoms with Crippen LogP contribution in [-0.2, 0) is 17.1 Å². The predicted molar refractivity (Wildman–Crippen MR) is 158 cm³/mol. The number of nitrogens with zero attached hydrogens (tertiary/aromatic N) is 1. The standard InChI is InChI=1S/C24BF20.C6H4N.C5H5.Fe/c26-5-1(6(27)14(35)21(42)13(5)34)25(2-7(28)15(36)22(43)16(37)8(2)29,3-9(30)17(38)23(44)18(39)10(3)31)4-11(32)19(40)24(45)20(41)12(4)33;7-5-6-3-1-2-4-6;1-2-4-5-3-1;/h;1-4H;1-5H;/q3*-1;+2. The van der Waals surface area contributed by atoms with Crippen molar-refractivity contribution in [2.24, 2.45) is 0 Å². The fourth-order valence-electron chi connectivity index (χ4n) is 5.64. The molecule has 0 radical (unpaired) electrons. The first-order valence-corrected chi connectivity index (χ1v) is 14.7. The molecule has 1 nitrogen and oxygen atoms in total. The van der Waals surface area contributed by atoms with Crippen LogP contribution < -0.4 is 21.9 Å². The van der Waals surface area contributed by atoms with E-state index >= 15 is 35.1 Å². The molecule has 0 atom stereocenters. The number of hydrogen-bond donors (Lipinski definition) is 0. The zero-order valence-corrected chi connectivity index (χ0v) is 28.2. The van der Waals surface area contributed by atoms with E-state index in [1.165, 1.54) is 0 Å². The summed E-state index contributed by atoms with van der Waals surface area (Å²) in [7, 11) is 0. The Kier molecular flexibility index (Phi) is 14.3. The van der Waals surface area contributed by atoms with Crippen LogP contribution in [0.2, 0.25) is 0 Å². The first-order valence-electron chi connectivity index (χ1n) is 14.7. The van der Waals surface area contributed by atoms with Crippen LogP contribution in [0.4, 0.5) is 87.8 Å². The molecular weight excluding hydrogens is 881 g/mol. The van der Waals surface area contributed by atoms with Gasteiger partial charge >= 0.3 is 17.1 Å². The Morgan fingerprint density at radius 2 is 0.534 bits per heavy atom. The van der Waals surface area contributed by atoms with E-state index in [9.17, 15) is 52.7 Å². The molecule has 0 bridgehead atoms. The molecule has 0 amide bonds. The summed E-state index contributed by atoms with van der Waals surface area (Å²) < 4.78 is 294. The van der Waals surface area contributed by atoms with Crippen molar-refractivity contribution in [2.45, 2.75) is 0 Å². The molecule has 0 aliphatic heterocycles. The van der Waals surface area contributed by atoms with Gasteiger partial charge in [-0.05, 0) is 0 Å². The SMILES string of the molecule is Fc1c(F)c(F)c([B-](c2c(F)c(F)c(F)c(F)c2F)(c2c(F)c(F)c(F)c(F)c2F)c2c(F)c(F)c(F)c(F)c2F)c(F)c1F.N#C[c-]1cccc1.[Fe+2].c1cc[cH-]c1. The third-order valence-electron chi connectivity index (χ3n) is 8.05. The first-order chi connectivity index (χ1) is 26.6. The number of nitriles is 1. The summed E-state index contributed by atoms with van der Waals surface area (Å²) in [4.78, 5) is 0. The minimum Gasteiger partial charge on any atom is -0.214 e. The van der Waals surface area contributed by atoms with Crippen molar-refractivity contribution in [3.8, 4) is 6.07 Å². The van der Waals surface area contributed by atoms with Gasteiger partial charge in [0.15, 0.2) is 69.8 Å². The van der Waals surface area contributed by atoms with Crippen LogP contribution in [0.15, 0.2) is 54.6 Å². The second kappa shape index (κ2) is 17.8. The van der Waals surface area contributed by atoms with E-state index in [1.807, 2.05) is 48.5 Å². The van der Waals surface area contributed by atoms with Gasteiger partial charge in [0.1, 0.15) is 52.7 Å². The molecular formula is C35H9BF20FeN-. The molecule has 0 saturated carbocycles. The summed E-state index contributed by atoms with van der Waals surface area (Å²) in [6.07, 6.45) is -7.22. The van der Waals surface area contributed by atoms with E-state index in [1.54, 1.807) is 12.1 Å². The Labute approximate surface area is 320 Å². The largest absolute Gasteiger partial charge is 2.00 e. The van der Waals surface area contributed by atoms with Crippen LogP contribution in [0.3, 0.4) is 0 Å². The van der Waals surface area contributed by atoms with Crippen molar-refractivity contribution in [3.05, 3.63) is 177 Å². The molecule has 0 spiro atoms. The van der Waals surface area contributed by atoms with Crippen molar-refractivity contribution in [1.82, 2.24) is 0 Å². The molecule has 0 aliphatic carbocycles. The molecule has 6 aromatic rings. The fraction of sp³-hybridized carbons (Fsp3) is 0. The zero-order valence-electron chi connectivity index (χ0n) is 27.1. The molecule has 0 aromatic heterocycles. The van der Waals surface area contributed by atoms with Gasteiger partial charge in [-0.2, -0.15) is 30.3 Å². The molecule has 306 valence electrons. The van der Waals surface area contributed by atoms with Gasteiger partial charge in [-0.25, -0.2) is 117 Å². The molecule has 0 unspecified atom stereocenters. The summed E-state index contributed by atoms with van der Waals surface area (Å²) >= 11 is 0. The van der Waals surface area contributed by atoms with E-state index in [0.717, 1.165) is 5.56 Å². The van der Waals surface area contributed by atoms with Gasteiger partial charge in [0, 0.05) is 6.07 Å². The number of rotatable bonds is 4. The molecule has 58 heavy (non-hydrogen) atoms. The zero-order chi connectivity index (χ0) is 43.0. The average Bonchev–Trinajstić information content (AvgIpc) is 3.96. The molecule has 0 saturated heterocycles. The quantitative estimate of drug-likeness (QED) is 0.0573. The van der Waals surface area contributed by atoms with Crippen LogP contribution in [-0.4, -0.2) is 6.15 Å². The maximum absolute atomic E-state index is 15.4. The number of hydrogen-bond acceptors (Lipinski definition) is 1. The summed E-state index contributed by atoms with van der Waals surface area (Å²) in [5.41, 5.74) is -13.6. The second-order valence-electron chi connectivity index (χ2n) is 11.0. The Bertz CT molecular complexity index is 2130.